The maximum absolute atomic E-state index is 12.2. The molecule has 2 amide bonds. The number of aromatic nitrogens is 1. The summed E-state index contributed by atoms with van der Waals surface area (Å²) in [5.41, 5.74) is 4.22. The molecule has 9 heteroatoms. The van der Waals surface area contributed by atoms with Gasteiger partial charge in [-0.2, -0.15) is 0 Å². The number of carbonyl (C=O) groups excluding carboxylic acids is 2. The SMILES string of the molecule is CC(C)(C)NS(=O)(=O)c1ccc(C(=O)NNC(=O)c2ccccn2)cc1. The maximum Gasteiger partial charge on any atom is 0.288 e. The van der Waals surface area contributed by atoms with E-state index in [1.807, 2.05) is 0 Å². The molecule has 3 N–H and O–H groups in total. The van der Waals surface area contributed by atoms with Crippen LogP contribution in [0.1, 0.15) is 41.6 Å². The van der Waals surface area contributed by atoms with Crippen molar-refractivity contribution in [3.05, 3.63) is 59.9 Å². The van der Waals surface area contributed by atoms with E-state index in [1.165, 1.54) is 36.5 Å². The lowest BCUT2D eigenvalue weighted by Gasteiger charge is -2.20. The van der Waals surface area contributed by atoms with E-state index in [-0.39, 0.29) is 16.2 Å². The van der Waals surface area contributed by atoms with E-state index in [4.69, 9.17) is 0 Å². The number of hydrogen-bond acceptors (Lipinski definition) is 5. The number of amides is 2. The summed E-state index contributed by atoms with van der Waals surface area (Å²) >= 11 is 0. The van der Waals surface area contributed by atoms with Gasteiger partial charge in [-0.3, -0.25) is 25.4 Å². The number of sulfonamides is 1. The van der Waals surface area contributed by atoms with Gasteiger partial charge in [0.2, 0.25) is 10.0 Å². The van der Waals surface area contributed by atoms with E-state index in [2.05, 4.69) is 20.6 Å². The van der Waals surface area contributed by atoms with E-state index in [0.29, 0.717) is 0 Å². The van der Waals surface area contributed by atoms with Crippen LogP contribution < -0.4 is 15.6 Å². The van der Waals surface area contributed by atoms with Gasteiger partial charge in [-0.1, -0.05) is 6.07 Å². The minimum Gasteiger partial charge on any atom is -0.267 e. The number of carbonyl (C=O) groups is 2. The zero-order valence-corrected chi connectivity index (χ0v) is 15.4. The Bertz CT molecular complexity index is 889. The molecule has 2 rings (SSSR count). The molecule has 0 unspecified atom stereocenters. The fourth-order valence-corrected chi connectivity index (χ4v) is 3.41. The fraction of sp³-hybridized carbons (Fsp3) is 0.235. The second kappa shape index (κ2) is 7.63. The Morgan fingerprint density at radius 2 is 1.54 bits per heavy atom. The van der Waals surface area contributed by atoms with Crippen molar-refractivity contribution in [2.24, 2.45) is 0 Å². The predicted octanol–water partition coefficient (Wildman–Crippen LogP) is 1.23. The first kappa shape index (κ1) is 19.5. The molecule has 2 aromatic rings. The molecule has 0 aliphatic rings. The molecule has 0 aliphatic heterocycles. The topological polar surface area (TPSA) is 117 Å². The van der Waals surface area contributed by atoms with Crippen LogP contribution in [0.25, 0.3) is 0 Å². The molecular formula is C17H20N4O4S. The van der Waals surface area contributed by atoms with Crippen molar-refractivity contribution in [1.82, 2.24) is 20.6 Å². The van der Waals surface area contributed by atoms with Crippen LogP contribution in [0.15, 0.2) is 53.6 Å². The summed E-state index contributed by atoms with van der Waals surface area (Å²) in [7, 11) is -3.68. The van der Waals surface area contributed by atoms with Crippen LogP contribution in [0.3, 0.4) is 0 Å². The van der Waals surface area contributed by atoms with E-state index in [9.17, 15) is 18.0 Å². The smallest absolute Gasteiger partial charge is 0.267 e. The molecule has 8 nitrogen and oxygen atoms in total. The molecule has 138 valence electrons. The van der Waals surface area contributed by atoms with Gasteiger partial charge in [0.25, 0.3) is 11.8 Å². The van der Waals surface area contributed by atoms with Gasteiger partial charge in [-0.25, -0.2) is 13.1 Å². The second-order valence-electron chi connectivity index (χ2n) is 6.50. The van der Waals surface area contributed by atoms with Crippen molar-refractivity contribution >= 4 is 21.8 Å². The minimum absolute atomic E-state index is 0.0431. The molecule has 1 aromatic carbocycles. The minimum atomic E-state index is -3.68. The highest BCUT2D eigenvalue weighted by molar-refractivity contribution is 7.89. The van der Waals surface area contributed by atoms with Crippen LogP contribution >= 0.6 is 0 Å². The molecule has 0 fully saturated rings. The molecule has 0 aliphatic carbocycles. The molecule has 0 spiro atoms. The van der Waals surface area contributed by atoms with E-state index in [1.54, 1.807) is 32.9 Å². The first-order valence-corrected chi connectivity index (χ1v) is 9.22. The Labute approximate surface area is 152 Å². The van der Waals surface area contributed by atoms with Crippen LogP contribution in [-0.2, 0) is 10.0 Å². The lowest BCUT2D eigenvalue weighted by Crippen LogP contribution is -2.42. The highest BCUT2D eigenvalue weighted by Crippen LogP contribution is 2.13. The molecule has 0 radical (unpaired) electrons. The zero-order chi connectivity index (χ0) is 19.4. The molecule has 1 heterocycles. The Hall–Kier alpha value is -2.78. The average Bonchev–Trinajstić information content (AvgIpc) is 2.58. The summed E-state index contributed by atoms with van der Waals surface area (Å²) in [6, 6.07) is 10.2. The Morgan fingerprint density at radius 3 is 2.08 bits per heavy atom. The van der Waals surface area contributed by atoms with Gasteiger partial charge >= 0.3 is 0 Å². The highest BCUT2D eigenvalue weighted by atomic mass is 32.2. The summed E-state index contributed by atoms with van der Waals surface area (Å²) in [5, 5.41) is 0. The third kappa shape index (κ3) is 5.36. The van der Waals surface area contributed by atoms with Gasteiger partial charge < -0.3 is 0 Å². The van der Waals surface area contributed by atoms with Gasteiger partial charge in [0.05, 0.1) is 4.90 Å². The number of hydrazine groups is 1. The monoisotopic (exact) mass is 376 g/mol. The molecule has 1 aromatic heterocycles. The molecule has 0 saturated carbocycles. The Kier molecular flexibility index (Phi) is 5.73. The molecule has 26 heavy (non-hydrogen) atoms. The number of rotatable bonds is 4. The van der Waals surface area contributed by atoms with E-state index < -0.39 is 27.4 Å². The van der Waals surface area contributed by atoms with Crippen LogP contribution in [0.5, 0.6) is 0 Å². The summed E-state index contributed by atoms with van der Waals surface area (Å²) < 4.78 is 27.0. The fourth-order valence-electron chi connectivity index (χ4n) is 1.99. The number of nitrogens with zero attached hydrogens (tertiary/aromatic N) is 1. The van der Waals surface area contributed by atoms with Crippen LogP contribution in [-0.4, -0.2) is 30.8 Å². The Balaban J connectivity index is 2.02. The van der Waals surface area contributed by atoms with Crippen LogP contribution in [0, 0.1) is 0 Å². The lowest BCUT2D eigenvalue weighted by molar-refractivity contribution is 0.0844. The number of hydrogen-bond donors (Lipinski definition) is 3. The van der Waals surface area contributed by atoms with Crippen LogP contribution in [0.4, 0.5) is 0 Å². The maximum atomic E-state index is 12.2. The second-order valence-corrected chi connectivity index (χ2v) is 8.19. The van der Waals surface area contributed by atoms with Crippen LogP contribution in [0.2, 0.25) is 0 Å². The van der Waals surface area contributed by atoms with Crippen molar-refractivity contribution in [3.8, 4) is 0 Å². The summed E-state index contributed by atoms with van der Waals surface area (Å²) in [6.07, 6.45) is 1.46. The number of pyridine rings is 1. The van der Waals surface area contributed by atoms with Crippen molar-refractivity contribution in [2.75, 3.05) is 0 Å². The first-order valence-electron chi connectivity index (χ1n) is 7.74. The largest absolute Gasteiger partial charge is 0.288 e. The first-order chi connectivity index (χ1) is 12.1. The molecular weight excluding hydrogens is 356 g/mol. The average molecular weight is 376 g/mol. The van der Waals surface area contributed by atoms with Crippen molar-refractivity contribution in [3.63, 3.8) is 0 Å². The standard InChI is InChI=1S/C17H20N4O4S/c1-17(2,3)21-26(24,25)13-9-7-12(8-10-13)15(22)19-20-16(23)14-6-4-5-11-18-14/h4-11,21H,1-3H3,(H,19,22)(H,20,23). The lowest BCUT2D eigenvalue weighted by atomic mass is 10.1. The number of nitrogens with one attached hydrogen (secondary N) is 3. The quantitative estimate of drug-likeness (QED) is 0.694. The van der Waals surface area contributed by atoms with Crippen molar-refractivity contribution in [1.29, 1.82) is 0 Å². The zero-order valence-electron chi connectivity index (χ0n) is 14.6. The van der Waals surface area contributed by atoms with E-state index in [0.717, 1.165) is 0 Å². The molecule has 0 saturated heterocycles. The van der Waals surface area contributed by atoms with Crippen molar-refractivity contribution in [2.45, 2.75) is 31.2 Å². The number of benzene rings is 1. The predicted molar refractivity (Wildman–Crippen MR) is 95.7 cm³/mol. The third-order valence-electron chi connectivity index (χ3n) is 3.05. The van der Waals surface area contributed by atoms with Gasteiger partial charge in [0.15, 0.2) is 0 Å². The Morgan fingerprint density at radius 1 is 0.923 bits per heavy atom. The molecule has 0 bridgehead atoms. The van der Waals surface area contributed by atoms with Crippen molar-refractivity contribution < 1.29 is 18.0 Å². The normalized spacial score (nSPS) is 11.7. The van der Waals surface area contributed by atoms with Gasteiger partial charge in [0, 0.05) is 17.3 Å². The third-order valence-corrected chi connectivity index (χ3v) is 4.83. The molecule has 0 atom stereocenters. The summed E-state index contributed by atoms with van der Waals surface area (Å²) in [5.74, 6) is -1.14. The highest BCUT2D eigenvalue weighted by Gasteiger charge is 2.22. The van der Waals surface area contributed by atoms with Gasteiger partial charge in [0.1, 0.15) is 5.69 Å². The summed E-state index contributed by atoms with van der Waals surface area (Å²) in [6.45, 7) is 5.20. The van der Waals surface area contributed by atoms with Gasteiger partial charge in [-0.05, 0) is 57.2 Å². The van der Waals surface area contributed by atoms with E-state index >= 15 is 0 Å². The van der Waals surface area contributed by atoms with Gasteiger partial charge in [-0.15, -0.1) is 0 Å². The summed E-state index contributed by atoms with van der Waals surface area (Å²) in [4.78, 5) is 27.8.